The minimum absolute atomic E-state index is 0.169. The molecule has 15 heavy (non-hydrogen) atoms. The number of nitro benzene ring substituents is 1. The van der Waals surface area contributed by atoms with Gasteiger partial charge in [-0.1, -0.05) is 0 Å². The maximum atomic E-state index is 10.8. The predicted octanol–water partition coefficient (Wildman–Crippen LogP) is 0.618. The van der Waals surface area contributed by atoms with Crippen LogP contribution in [0.2, 0.25) is 0 Å². The first-order chi connectivity index (χ1) is 6.97. The number of carbonyl (C=O) groups excluding carboxylic acids is 1. The number of ether oxygens (including phenoxy) is 1. The maximum absolute atomic E-state index is 10.8. The van der Waals surface area contributed by atoms with Crippen LogP contribution in [0.4, 0.5) is 5.69 Å². The maximum Gasteiger partial charge on any atom is 0.274 e. The second kappa shape index (κ2) is 3.99. The van der Waals surface area contributed by atoms with Crippen LogP contribution >= 0.6 is 0 Å². The Balaban J connectivity index is 3.45. The van der Waals surface area contributed by atoms with Crippen LogP contribution in [-0.2, 0) is 0 Å². The minimum Gasteiger partial charge on any atom is -0.504 e. The smallest absolute Gasteiger partial charge is 0.274 e. The van der Waals surface area contributed by atoms with E-state index < -0.39 is 16.4 Å². The molecule has 0 aromatic heterocycles. The van der Waals surface area contributed by atoms with Gasteiger partial charge in [0, 0.05) is 6.07 Å². The zero-order chi connectivity index (χ0) is 11.6. The molecule has 0 heterocycles. The molecule has 0 saturated heterocycles. The third kappa shape index (κ3) is 2.06. The molecule has 0 aliphatic carbocycles. The zero-order valence-electron chi connectivity index (χ0n) is 7.76. The van der Waals surface area contributed by atoms with E-state index in [9.17, 15) is 20.0 Å². The molecule has 76 valence electrons. The van der Waals surface area contributed by atoms with E-state index in [1.165, 1.54) is 7.11 Å². The Morgan fingerprint density at radius 1 is 1.60 bits per heavy atom. The molecule has 1 rings (SSSR count). The summed E-state index contributed by atoms with van der Waals surface area (Å²) >= 11 is 0. The average molecular weight is 207 g/mol. The van der Waals surface area contributed by atoms with E-state index in [0.29, 0.717) is 0 Å². The third-order valence-electron chi connectivity index (χ3n) is 1.76. The van der Waals surface area contributed by atoms with Gasteiger partial charge >= 0.3 is 0 Å². The Labute approximate surface area is 86.0 Å². The highest BCUT2D eigenvalue weighted by atomic mass is 16.6. The van der Waals surface area contributed by atoms with Gasteiger partial charge in [0.2, 0.25) is 0 Å². The van der Waals surface area contributed by atoms with Crippen molar-refractivity contribution < 1.29 is 19.6 Å². The number of hydrogen-bond acceptors (Lipinski definition) is 5. The number of nitro groups is 1. The highest BCUT2D eigenvalue weighted by Crippen LogP contribution is 2.34. The molecule has 0 atom stereocenters. The van der Waals surface area contributed by atoms with Gasteiger partial charge in [0.05, 0.1) is 23.7 Å². The summed E-state index contributed by atoms with van der Waals surface area (Å²) in [7, 11) is 6.14. The Hall–Kier alpha value is -2.05. The summed E-state index contributed by atoms with van der Waals surface area (Å²) < 4.78 is 4.66. The van der Waals surface area contributed by atoms with Gasteiger partial charge in [-0.25, -0.2) is 0 Å². The second-order valence-electron chi connectivity index (χ2n) is 2.67. The van der Waals surface area contributed by atoms with Gasteiger partial charge in [0.15, 0.2) is 19.3 Å². The molecule has 0 saturated carbocycles. The highest BCUT2D eigenvalue weighted by molar-refractivity contribution is 6.62. The van der Waals surface area contributed by atoms with Crippen molar-refractivity contribution in [1.82, 2.24) is 0 Å². The first kappa shape index (κ1) is 11.0. The van der Waals surface area contributed by atoms with Gasteiger partial charge < -0.3 is 14.6 Å². The number of methoxy groups -OCH3 is 1. The summed E-state index contributed by atoms with van der Waals surface area (Å²) in [5.41, 5.74) is -1.69. The number of hydrogen-bond donors (Lipinski definition) is 1. The molecule has 7 heteroatoms. The fourth-order valence-electron chi connectivity index (χ4n) is 1.04. The van der Waals surface area contributed by atoms with E-state index >= 15 is 0 Å². The van der Waals surface area contributed by atoms with E-state index in [4.69, 9.17) is 7.85 Å². The molecule has 1 N–H and O–H groups in total. The van der Waals surface area contributed by atoms with Gasteiger partial charge in [0.1, 0.15) is 5.68 Å². The molecule has 0 unspecified atom stereocenters. The first-order valence-electron chi connectivity index (χ1n) is 3.82. The quantitative estimate of drug-likeness (QED) is 0.445. The molecule has 0 aliphatic heterocycles. The molecule has 1 aromatic rings. The minimum atomic E-state index is -0.963. The summed E-state index contributed by atoms with van der Waals surface area (Å²) in [5, 5.41) is 19.9. The molecule has 0 bridgehead atoms. The normalized spacial score (nSPS) is 9.67. The van der Waals surface area contributed by atoms with E-state index in [1.807, 2.05) is 0 Å². The lowest BCUT2D eigenvalue weighted by Crippen LogP contribution is -2.01. The average Bonchev–Trinajstić information content (AvgIpc) is 2.17. The number of benzene rings is 1. The SMILES string of the molecule is [B]C(=O)c1cc([N+](=O)[O-])cc(OC)c1O. The van der Waals surface area contributed by atoms with Crippen LogP contribution in [0.5, 0.6) is 11.5 Å². The predicted molar refractivity (Wildman–Crippen MR) is 51.4 cm³/mol. The van der Waals surface area contributed by atoms with Crippen molar-refractivity contribution in [3.05, 3.63) is 27.8 Å². The molecule has 2 radical (unpaired) electrons. The summed E-state index contributed by atoms with van der Waals surface area (Å²) in [4.78, 5) is 20.6. The number of non-ortho nitro benzene ring substituents is 1. The van der Waals surface area contributed by atoms with Crippen molar-refractivity contribution >= 4 is 19.2 Å². The van der Waals surface area contributed by atoms with Crippen molar-refractivity contribution in [3.63, 3.8) is 0 Å². The number of phenols is 1. The fourth-order valence-corrected chi connectivity index (χ4v) is 1.04. The Morgan fingerprint density at radius 2 is 2.20 bits per heavy atom. The van der Waals surface area contributed by atoms with Crippen molar-refractivity contribution in [2.75, 3.05) is 7.11 Å². The van der Waals surface area contributed by atoms with E-state index in [1.54, 1.807) is 0 Å². The first-order valence-corrected chi connectivity index (χ1v) is 3.82. The molecular formula is C8H6BNO5. The highest BCUT2D eigenvalue weighted by Gasteiger charge is 2.18. The van der Waals surface area contributed by atoms with Crippen molar-refractivity contribution in [1.29, 1.82) is 0 Å². The van der Waals surface area contributed by atoms with E-state index in [2.05, 4.69) is 4.74 Å². The number of rotatable bonds is 3. The third-order valence-corrected chi connectivity index (χ3v) is 1.76. The molecular weight excluding hydrogens is 201 g/mol. The molecule has 1 aromatic carbocycles. The van der Waals surface area contributed by atoms with Gasteiger partial charge in [-0.2, -0.15) is 0 Å². The van der Waals surface area contributed by atoms with Gasteiger partial charge in [0.25, 0.3) is 5.69 Å². The molecule has 0 aliphatic rings. The lowest BCUT2D eigenvalue weighted by atomic mass is 9.93. The monoisotopic (exact) mass is 207 g/mol. The van der Waals surface area contributed by atoms with Crippen LogP contribution in [0, 0.1) is 10.1 Å². The summed E-state index contributed by atoms with van der Waals surface area (Å²) in [6, 6.07) is 1.89. The van der Waals surface area contributed by atoms with Crippen LogP contribution in [0.1, 0.15) is 10.4 Å². The lowest BCUT2D eigenvalue weighted by molar-refractivity contribution is -0.385. The van der Waals surface area contributed by atoms with E-state index in [0.717, 1.165) is 12.1 Å². The topological polar surface area (TPSA) is 89.7 Å². The van der Waals surface area contributed by atoms with Gasteiger partial charge in [-0.05, 0) is 0 Å². The molecule has 0 fully saturated rings. The molecule has 0 amide bonds. The van der Waals surface area contributed by atoms with Crippen LogP contribution in [-0.4, -0.2) is 30.7 Å². The number of nitrogens with zero attached hydrogens (tertiary/aromatic N) is 1. The Bertz CT molecular complexity index is 431. The van der Waals surface area contributed by atoms with Gasteiger partial charge in [-0.3, -0.25) is 10.1 Å². The van der Waals surface area contributed by atoms with Crippen molar-refractivity contribution in [2.45, 2.75) is 0 Å². The van der Waals surface area contributed by atoms with Crippen LogP contribution in [0.15, 0.2) is 12.1 Å². The standard InChI is InChI=1S/C8H6BNO5/c1-15-6-3-4(10(13)14)2-5(7(6)11)8(9)12/h2-3,11H,1H3. The summed E-state index contributed by atoms with van der Waals surface area (Å²) in [6.45, 7) is 0. The summed E-state index contributed by atoms with van der Waals surface area (Å²) in [6.07, 6.45) is 0. The number of aromatic hydroxyl groups is 1. The zero-order valence-corrected chi connectivity index (χ0v) is 7.76. The van der Waals surface area contributed by atoms with Crippen LogP contribution < -0.4 is 4.74 Å². The summed E-state index contributed by atoms with van der Waals surface area (Å²) in [5.74, 6) is -0.673. The number of carbonyl (C=O) groups is 1. The van der Waals surface area contributed by atoms with Gasteiger partial charge in [-0.15, -0.1) is 0 Å². The molecule has 0 spiro atoms. The van der Waals surface area contributed by atoms with Crippen LogP contribution in [0.3, 0.4) is 0 Å². The van der Waals surface area contributed by atoms with Crippen molar-refractivity contribution in [2.24, 2.45) is 0 Å². The molecule has 6 nitrogen and oxygen atoms in total. The second-order valence-corrected chi connectivity index (χ2v) is 2.67. The van der Waals surface area contributed by atoms with Crippen LogP contribution in [0.25, 0.3) is 0 Å². The number of phenolic OH excluding ortho intramolecular Hbond substituents is 1. The Kier molecular flexibility index (Phi) is 2.94. The lowest BCUT2D eigenvalue weighted by Gasteiger charge is -2.06. The van der Waals surface area contributed by atoms with E-state index in [-0.39, 0.29) is 17.0 Å². The van der Waals surface area contributed by atoms with Crippen molar-refractivity contribution in [3.8, 4) is 11.5 Å². The Morgan fingerprint density at radius 3 is 2.60 bits per heavy atom. The largest absolute Gasteiger partial charge is 0.504 e. The fraction of sp³-hybridized carbons (Fsp3) is 0.125.